The quantitative estimate of drug-likeness (QED) is 0.475. The summed E-state index contributed by atoms with van der Waals surface area (Å²) >= 11 is 7.91. The molecule has 0 spiro atoms. The molecule has 2 amide bonds. The number of benzene rings is 2. The Balaban J connectivity index is 1.76. The molecular weight excluding hydrogens is 458 g/mol. The van der Waals surface area contributed by atoms with Crippen LogP contribution in [0.4, 0.5) is 0 Å². The minimum Gasteiger partial charge on any atom is -0.382 e. The van der Waals surface area contributed by atoms with E-state index in [9.17, 15) is 9.59 Å². The van der Waals surface area contributed by atoms with Crippen molar-refractivity contribution >= 4 is 46.1 Å². The van der Waals surface area contributed by atoms with Crippen LogP contribution in [0, 0.1) is 0 Å². The molecule has 0 unspecified atom stereocenters. The summed E-state index contributed by atoms with van der Waals surface area (Å²) in [5, 5.41) is 5.55. The lowest BCUT2D eigenvalue weighted by molar-refractivity contribution is -0.139. The highest BCUT2D eigenvalue weighted by Gasteiger charge is 2.38. The first-order chi connectivity index (χ1) is 16.0. The van der Waals surface area contributed by atoms with Gasteiger partial charge in [-0.3, -0.25) is 9.59 Å². The molecule has 174 valence electrons. The fraction of sp³-hybridized carbons (Fsp3) is 0.360. The van der Waals surface area contributed by atoms with Gasteiger partial charge in [0.1, 0.15) is 6.04 Å². The summed E-state index contributed by atoms with van der Waals surface area (Å²) in [7, 11) is 1.99. The standard InChI is InChI=1S/C25H28ClN3O3S/c1-3-32-14-8-13-27-24(31)23-22-18-10-5-7-12-20(18)28(2)25(22)33-16-21(30)29(23)15-17-9-4-6-11-19(17)26/h4-7,9-12,23H,3,8,13-16H2,1-2H3,(H,27,31)/t23-/m1/s1. The van der Waals surface area contributed by atoms with Crippen molar-refractivity contribution in [3.05, 3.63) is 64.7 Å². The second-order valence-electron chi connectivity index (χ2n) is 7.94. The first kappa shape index (κ1) is 23.7. The van der Waals surface area contributed by atoms with Gasteiger partial charge in [0.25, 0.3) is 0 Å². The van der Waals surface area contributed by atoms with Crippen LogP contribution in [-0.4, -0.2) is 46.8 Å². The highest BCUT2D eigenvalue weighted by molar-refractivity contribution is 8.00. The lowest BCUT2D eigenvalue weighted by atomic mass is 10.0. The van der Waals surface area contributed by atoms with Crippen LogP contribution in [0.1, 0.15) is 30.5 Å². The van der Waals surface area contributed by atoms with E-state index in [1.54, 1.807) is 11.0 Å². The fourth-order valence-electron chi connectivity index (χ4n) is 4.24. The second kappa shape index (κ2) is 10.6. The maximum absolute atomic E-state index is 13.6. The van der Waals surface area contributed by atoms with E-state index in [4.69, 9.17) is 16.3 Å². The molecule has 0 fully saturated rings. The Bertz CT molecular complexity index is 1160. The van der Waals surface area contributed by atoms with Crippen LogP contribution in [0.5, 0.6) is 0 Å². The van der Waals surface area contributed by atoms with Crippen molar-refractivity contribution in [2.24, 2.45) is 7.05 Å². The van der Waals surface area contributed by atoms with Crippen LogP contribution < -0.4 is 5.32 Å². The molecule has 6 nitrogen and oxygen atoms in total. The van der Waals surface area contributed by atoms with Gasteiger partial charge >= 0.3 is 0 Å². The number of halogens is 1. The molecular formula is C25H28ClN3O3S. The molecule has 1 aromatic heterocycles. The van der Waals surface area contributed by atoms with Crippen LogP contribution in [0.25, 0.3) is 10.9 Å². The molecule has 2 heterocycles. The number of rotatable bonds is 8. The zero-order chi connectivity index (χ0) is 23.4. The van der Waals surface area contributed by atoms with Crippen LogP contribution in [0.15, 0.2) is 53.6 Å². The number of nitrogens with one attached hydrogen (secondary N) is 1. The zero-order valence-electron chi connectivity index (χ0n) is 18.8. The minimum atomic E-state index is -0.753. The highest BCUT2D eigenvalue weighted by atomic mass is 35.5. The van der Waals surface area contributed by atoms with Crippen molar-refractivity contribution < 1.29 is 14.3 Å². The summed E-state index contributed by atoms with van der Waals surface area (Å²) in [6.45, 7) is 3.92. The summed E-state index contributed by atoms with van der Waals surface area (Å²) in [5.41, 5.74) is 2.73. The molecule has 0 aliphatic carbocycles. The van der Waals surface area contributed by atoms with Gasteiger partial charge in [0.15, 0.2) is 0 Å². The molecule has 4 rings (SSSR count). The van der Waals surface area contributed by atoms with Gasteiger partial charge in [-0.15, -0.1) is 0 Å². The highest BCUT2D eigenvalue weighted by Crippen LogP contribution is 2.42. The fourth-order valence-corrected chi connectivity index (χ4v) is 5.53. The van der Waals surface area contributed by atoms with Crippen molar-refractivity contribution in [3.8, 4) is 0 Å². The third-order valence-corrected chi connectivity index (χ3v) is 7.37. The zero-order valence-corrected chi connectivity index (χ0v) is 20.4. The number of nitrogens with zero attached hydrogens (tertiary/aromatic N) is 2. The smallest absolute Gasteiger partial charge is 0.247 e. The lowest BCUT2D eigenvalue weighted by Crippen LogP contribution is -2.43. The summed E-state index contributed by atoms with van der Waals surface area (Å²) in [5.74, 6) is -0.0166. The Kier molecular flexibility index (Phi) is 7.63. The van der Waals surface area contributed by atoms with Crippen molar-refractivity contribution in [2.45, 2.75) is 31.0 Å². The SMILES string of the molecule is CCOCCCNC(=O)[C@H]1c2c(n(C)c3ccccc23)SCC(=O)N1Cc1ccccc1Cl. The maximum atomic E-state index is 13.6. The van der Waals surface area contributed by atoms with Gasteiger partial charge in [0, 0.05) is 54.8 Å². The number of amides is 2. The molecule has 2 aromatic carbocycles. The van der Waals surface area contributed by atoms with Gasteiger partial charge < -0.3 is 19.5 Å². The van der Waals surface area contributed by atoms with Gasteiger partial charge in [-0.05, 0) is 31.0 Å². The van der Waals surface area contributed by atoms with Crippen LogP contribution in [-0.2, 0) is 27.9 Å². The van der Waals surface area contributed by atoms with E-state index < -0.39 is 6.04 Å². The number of hydrogen-bond donors (Lipinski definition) is 1. The second-order valence-corrected chi connectivity index (χ2v) is 9.31. The summed E-state index contributed by atoms with van der Waals surface area (Å²) in [6, 6.07) is 14.7. The molecule has 0 bridgehead atoms. The first-order valence-corrected chi connectivity index (χ1v) is 12.5. The maximum Gasteiger partial charge on any atom is 0.247 e. The van der Waals surface area contributed by atoms with E-state index in [1.807, 2.05) is 56.4 Å². The van der Waals surface area contributed by atoms with E-state index in [0.29, 0.717) is 31.2 Å². The van der Waals surface area contributed by atoms with Crippen LogP contribution in [0.2, 0.25) is 5.02 Å². The number of aryl methyl sites for hydroxylation is 1. The molecule has 3 aromatic rings. The van der Waals surface area contributed by atoms with Crippen molar-refractivity contribution in [1.82, 2.24) is 14.8 Å². The van der Waals surface area contributed by atoms with Crippen molar-refractivity contribution in [3.63, 3.8) is 0 Å². The predicted octanol–water partition coefficient (Wildman–Crippen LogP) is 4.55. The van der Waals surface area contributed by atoms with Crippen molar-refractivity contribution in [2.75, 3.05) is 25.5 Å². The van der Waals surface area contributed by atoms with Gasteiger partial charge in [-0.25, -0.2) is 0 Å². The average molecular weight is 486 g/mol. The van der Waals surface area contributed by atoms with Gasteiger partial charge in [-0.2, -0.15) is 0 Å². The van der Waals surface area contributed by atoms with E-state index in [-0.39, 0.29) is 24.1 Å². The number of ether oxygens (including phenoxy) is 1. The van der Waals surface area contributed by atoms with E-state index in [0.717, 1.165) is 27.1 Å². The Labute approximate surface area is 203 Å². The summed E-state index contributed by atoms with van der Waals surface area (Å²) in [6.07, 6.45) is 0.710. The largest absolute Gasteiger partial charge is 0.382 e. The van der Waals surface area contributed by atoms with Gasteiger partial charge in [0.2, 0.25) is 11.8 Å². The number of carbonyl (C=O) groups excluding carboxylic acids is 2. The topological polar surface area (TPSA) is 63.6 Å². The molecule has 1 aliphatic heterocycles. The van der Waals surface area contributed by atoms with Gasteiger partial charge in [0.05, 0.1) is 10.8 Å². The molecule has 0 saturated heterocycles. The van der Waals surface area contributed by atoms with E-state index >= 15 is 0 Å². The Morgan fingerprint density at radius 2 is 1.97 bits per heavy atom. The molecule has 0 saturated carbocycles. The molecule has 1 atom stereocenters. The molecule has 33 heavy (non-hydrogen) atoms. The van der Waals surface area contributed by atoms with E-state index in [2.05, 4.69) is 9.88 Å². The normalized spacial score (nSPS) is 16.0. The predicted molar refractivity (Wildman–Crippen MR) is 133 cm³/mol. The molecule has 8 heteroatoms. The monoisotopic (exact) mass is 485 g/mol. The molecule has 1 aliphatic rings. The third kappa shape index (κ3) is 4.90. The Morgan fingerprint density at radius 1 is 1.21 bits per heavy atom. The summed E-state index contributed by atoms with van der Waals surface area (Å²) < 4.78 is 7.47. The number of aromatic nitrogens is 1. The minimum absolute atomic E-state index is 0.0883. The Morgan fingerprint density at radius 3 is 2.76 bits per heavy atom. The number of hydrogen-bond acceptors (Lipinski definition) is 4. The third-order valence-electron chi connectivity index (χ3n) is 5.84. The number of para-hydroxylation sites is 1. The Hall–Kier alpha value is -2.48. The van der Waals surface area contributed by atoms with Gasteiger partial charge in [-0.1, -0.05) is 59.8 Å². The van der Waals surface area contributed by atoms with Crippen molar-refractivity contribution in [1.29, 1.82) is 0 Å². The number of fused-ring (bicyclic) bond motifs is 3. The number of carbonyl (C=O) groups is 2. The van der Waals surface area contributed by atoms with Crippen LogP contribution in [0.3, 0.4) is 0 Å². The molecule has 0 radical (unpaired) electrons. The van der Waals surface area contributed by atoms with E-state index in [1.165, 1.54) is 11.8 Å². The lowest BCUT2D eigenvalue weighted by Gasteiger charge is -2.30. The summed E-state index contributed by atoms with van der Waals surface area (Å²) in [4.78, 5) is 28.6. The first-order valence-electron chi connectivity index (χ1n) is 11.1. The van der Waals surface area contributed by atoms with Crippen LogP contribution >= 0.6 is 23.4 Å². The average Bonchev–Trinajstić information content (AvgIpc) is 3.00. The number of thioether (sulfide) groups is 1. The molecule has 1 N–H and O–H groups in total.